The molecule has 26 heavy (non-hydrogen) atoms. The molecule has 1 aromatic heterocycles. The van der Waals surface area contributed by atoms with Crippen LogP contribution >= 0.6 is 0 Å². The van der Waals surface area contributed by atoms with Gasteiger partial charge in [0.05, 0.1) is 46.9 Å². The standard InChI is InChI=1S/C18H16N4O4/c1-12-15(11-19-21(12)13-6-4-3-5-7-13)18(23)20-16-9-8-14(22(24)25)10-17(16)26-2/h3-11H,1-2H3,(H,20,23). The van der Waals surface area contributed by atoms with E-state index in [4.69, 9.17) is 4.74 Å². The summed E-state index contributed by atoms with van der Waals surface area (Å²) in [6.07, 6.45) is 1.48. The van der Waals surface area contributed by atoms with E-state index in [9.17, 15) is 14.9 Å². The summed E-state index contributed by atoms with van der Waals surface area (Å²) in [7, 11) is 1.38. The number of carbonyl (C=O) groups is 1. The number of methoxy groups -OCH3 is 1. The molecule has 0 saturated heterocycles. The van der Waals surface area contributed by atoms with Crippen molar-refractivity contribution in [2.24, 2.45) is 0 Å². The van der Waals surface area contributed by atoms with Gasteiger partial charge in [-0.2, -0.15) is 5.10 Å². The van der Waals surface area contributed by atoms with Gasteiger partial charge in [-0.05, 0) is 25.1 Å². The third kappa shape index (κ3) is 3.25. The van der Waals surface area contributed by atoms with Crippen LogP contribution in [0.15, 0.2) is 54.7 Å². The Kier molecular flexibility index (Phi) is 4.66. The van der Waals surface area contributed by atoms with Crippen LogP contribution < -0.4 is 10.1 Å². The Balaban J connectivity index is 1.88. The van der Waals surface area contributed by atoms with Crippen LogP contribution in [0.25, 0.3) is 5.69 Å². The van der Waals surface area contributed by atoms with E-state index in [1.165, 1.54) is 31.5 Å². The first-order valence-electron chi connectivity index (χ1n) is 7.75. The molecule has 1 amide bonds. The van der Waals surface area contributed by atoms with Crippen LogP contribution in [-0.4, -0.2) is 27.7 Å². The fourth-order valence-corrected chi connectivity index (χ4v) is 2.55. The smallest absolute Gasteiger partial charge is 0.273 e. The number of non-ortho nitro benzene ring substituents is 1. The molecule has 8 nitrogen and oxygen atoms in total. The number of aromatic nitrogens is 2. The van der Waals surface area contributed by atoms with Gasteiger partial charge in [-0.15, -0.1) is 0 Å². The maximum absolute atomic E-state index is 12.6. The highest BCUT2D eigenvalue weighted by atomic mass is 16.6. The van der Waals surface area contributed by atoms with Crippen LogP contribution in [0.3, 0.4) is 0 Å². The summed E-state index contributed by atoms with van der Waals surface area (Å²) in [5.41, 5.74) is 2.14. The zero-order valence-electron chi connectivity index (χ0n) is 14.2. The molecule has 0 radical (unpaired) electrons. The minimum Gasteiger partial charge on any atom is -0.494 e. The van der Waals surface area contributed by atoms with Crippen molar-refractivity contribution in [2.45, 2.75) is 6.92 Å². The van der Waals surface area contributed by atoms with Gasteiger partial charge in [-0.25, -0.2) is 4.68 Å². The zero-order chi connectivity index (χ0) is 18.7. The van der Waals surface area contributed by atoms with Gasteiger partial charge in [-0.3, -0.25) is 14.9 Å². The van der Waals surface area contributed by atoms with Crippen molar-refractivity contribution in [1.29, 1.82) is 0 Å². The van der Waals surface area contributed by atoms with Crippen molar-refractivity contribution in [3.8, 4) is 11.4 Å². The molecule has 0 aliphatic rings. The zero-order valence-corrected chi connectivity index (χ0v) is 14.2. The number of nitrogens with one attached hydrogen (secondary N) is 1. The van der Waals surface area contributed by atoms with Crippen molar-refractivity contribution < 1.29 is 14.5 Å². The topological polar surface area (TPSA) is 99.3 Å². The number of para-hydroxylation sites is 1. The lowest BCUT2D eigenvalue weighted by atomic mass is 10.2. The van der Waals surface area contributed by atoms with Crippen molar-refractivity contribution in [1.82, 2.24) is 9.78 Å². The van der Waals surface area contributed by atoms with E-state index in [2.05, 4.69) is 10.4 Å². The Morgan fingerprint density at radius 1 is 1.23 bits per heavy atom. The van der Waals surface area contributed by atoms with Crippen LogP contribution in [0.5, 0.6) is 5.75 Å². The van der Waals surface area contributed by atoms with E-state index in [1.807, 2.05) is 30.3 Å². The number of hydrogen-bond acceptors (Lipinski definition) is 5. The molecule has 2 aromatic carbocycles. The molecule has 0 saturated carbocycles. The number of rotatable bonds is 5. The number of nitro groups is 1. The number of hydrogen-bond donors (Lipinski definition) is 1. The van der Waals surface area contributed by atoms with Crippen LogP contribution in [0.2, 0.25) is 0 Å². The molecule has 132 valence electrons. The third-order valence-corrected chi connectivity index (χ3v) is 3.90. The van der Waals surface area contributed by atoms with Gasteiger partial charge in [0, 0.05) is 6.07 Å². The predicted molar refractivity (Wildman–Crippen MR) is 95.9 cm³/mol. The minimum atomic E-state index is -0.526. The first kappa shape index (κ1) is 17.2. The quantitative estimate of drug-likeness (QED) is 0.561. The van der Waals surface area contributed by atoms with E-state index >= 15 is 0 Å². The van der Waals surface area contributed by atoms with Gasteiger partial charge in [0.25, 0.3) is 11.6 Å². The van der Waals surface area contributed by atoms with Gasteiger partial charge < -0.3 is 10.1 Å². The van der Waals surface area contributed by atoms with Crippen LogP contribution in [0, 0.1) is 17.0 Å². The monoisotopic (exact) mass is 352 g/mol. The minimum absolute atomic E-state index is 0.118. The number of nitrogens with zero attached hydrogens (tertiary/aromatic N) is 3. The first-order chi connectivity index (χ1) is 12.5. The normalized spacial score (nSPS) is 10.4. The molecule has 3 aromatic rings. The SMILES string of the molecule is COc1cc([N+](=O)[O-])ccc1NC(=O)c1cnn(-c2ccccc2)c1C. The second kappa shape index (κ2) is 7.06. The van der Waals surface area contributed by atoms with Crippen LogP contribution in [-0.2, 0) is 0 Å². The van der Waals surface area contributed by atoms with Gasteiger partial charge in [0.1, 0.15) is 5.75 Å². The Morgan fingerprint density at radius 2 is 1.96 bits per heavy atom. The van der Waals surface area contributed by atoms with E-state index in [-0.39, 0.29) is 17.3 Å². The molecule has 1 heterocycles. The summed E-state index contributed by atoms with van der Waals surface area (Å²) in [6, 6.07) is 13.5. The highest BCUT2D eigenvalue weighted by Crippen LogP contribution is 2.29. The molecule has 3 rings (SSSR count). The molecule has 0 aliphatic heterocycles. The summed E-state index contributed by atoms with van der Waals surface area (Å²) in [6.45, 7) is 1.79. The summed E-state index contributed by atoms with van der Waals surface area (Å²) in [5, 5.41) is 17.8. The first-order valence-corrected chi connectivity index (χ1v) is 7.75. The Morgan fingerprint density at radius 3 is 2.62 bits per heavy atom. The van der Waals surface area contributed by atoms with E-state index < -0.39 is 4.92 Å². The Bertz CT molecular complexity index is 967. The number of ether oxygens (including phenoxy) is 1. The number of benzene rings is 2. The summed E-state index contributed by atoms with van der Waals surface area (Å²) in [4.78, 5) is 22.9. The lowest BCUT2D eigenvalue weighted by Gasteiger charge is -2.10. The summed E-state index contributed by atoms with van der Waals surface area (Å²) >= 11 is 0. The number of anilines is 1. The second-order valence-corrected chi connectivity index (χ2v) is 5.49. The van der Waals surface area contributed by atoms with E-state index in [0.29, 0.717) is 16.9 Å². The average Bonchev–Trinajstić information content (AvgIpc) is 3.04. The van der Waals surface area contributed by atoms with E-state index in [0.717, 1.165) is 5.69 Å². The fraction of sp³-hybridized carbons (Fsp3) is 0.111. The van der Waals surface area contributed by atoms with Gasteiger partial charge in [0.15, 0.2) is 0 Å². The molecular formula is C18H16N4O4. The molecule has 0 bridgehead atoms. The average molecular weight is 352 g/mol. The van der Waals surface area contributed by atoms with Crippen molar-refractivity contribution in [2.75, 3.05) is 12.4 Å². The number of nitro benzene ring substituents is 1. The molecule has 0 atom stereocenters. The largest absolute Gasteiger partial charge is 0.494 e. The highest BCUT2D eigenvalue weighted by Gasteiger charge is 2.18. The summed E-state index contributed by atoms with van der Waals surface area (Å²) in [5.74, 6) is -0.169. The Labute approximate surface area is 149 Å². The lowest BCUT2D eigenvalue weighted by molar-refractivity contribution is -0.384. The van der Waals surface area contributed by atoms with Crippen LogP contribution in [0.1, 0.15) is 16.1 Å². The number of carbonyl (C=O) groups excluding carboxylic acids is 1. The lowest BCUT2D eigenvalue weighted by Crippen LogP contribution is -2.14. The third-order valence-electron chi connectivity index (χ3n) is 3.90. The van der Waals surface area contributed by atoms with Crippen molar-refractivity contribution >= 4 is 17.3 Å². The predicted octanol–water partition coefficient (Wildman–Crippen LogP) is 3.35. The van der Waals surface area contributed by atoms with Gasteiger partial charge in [-0.1, -0.05) is 18.2 Å². The fourth-order valence-electron chi connectivity index (χ4n) is 2.55. The Hall–Kier alpha value is -3.68. The van der Waals surface area contributed by atoms with Crippen molar-refractivity contribution in [3.05, 3.63) is 76.1 Å². The second-order valence-electron chi connectivity index (χ2n) is 5.49. The molecule has 0 fully saturated rings. The number of amides is 1. The van der Waals surface area contributed by atoms with E-state index in [1.54, 1.807) is 11.6 Å². The molecule has 0 spiro atoms. The highest BCUT2D eigenvalue weighted by molar-refractivity contribution is 6.05. The maximum Gasteiger partial charge on any atom is 0.273 e. The molecule has 0 aliphatic carbocycles. The molecule has 8 heteroatoms. The molecule has 0 unspecified atom stereocenters. The molecular weight excluding hydrogens is 336 g/mol. The van der Waals surface area contributed by atoms with Gasteiger partial charge >= 0.3 is 0 Å². The van der Waals surface area contributed by atoms with Crippen molar-refractivity contribution in [3.63, 3.8) is 0 Å². The molecule has 1 N–H and O–H groups in total. The van der Waals surface area contributed by atoms with Gasteiger partial charge in [0.2, 0.25) is 0 Å². The summed E-state index contributed by atoms with van der Waals surface area (Å²) < 4.78 is 6.81. The maximum atomic E-state index is 12.6. The van der Waals surface area contributed by atoms with Crippen LogP contribution in [0.4, 0.5) is 11.4 Å².